The largest absolute Gasteiger partial charge is 0.394 e. The number of likely N-dealkylation sites (N-methyl/N-ethyl adjacent to an activating group) is 1. The Balaban J connectivity index is 2.25. The van der Waals surface area contributed by atoms with Crippen molar-refractivity contribution in [2.24, 2.45) is 5.73 Å². The van der Waals surface area contributed by atoms with E-state index in [1.807, 2.05) is 4.98 Å². The topological polar surface area (TPSA) is 238 Å². The Hall–Kier alpha value is -3.11. The van der Waals surface area contributed by atoms with Crippen LogP contribution < -0.4 is 32.9 Å². The summed E-state index contributed by atoms with van der Waals surface area (Å²) in [7, 11) is 1.49. The maximum absolute atomic E-state index is 12.4. The number of nitrogens with zero attached hydrogens (tertiary/aromatic N) is 1. The second-order valence-corrected chi connectivity index (χ2v) is 6.72. The molecule has 3 amide bonds. The Morgan fingerprint density at radius 1 is 1.29 bits per heavy atom. The zero-order valence-corrected chi connectivity index (χ0v) is 16.3. The lowest BCUT2D eigenvalue weighted by molar-refractivity contribution is -0.212. The van der Waals surface area contributed by atoms with Crippen LogP contribution in [0.3, 0.4) is 0 Å². The molecule has 2 heterocycles. The molecule has 0 saturated carbocycles. The van der Waals surface area contributed by atoms with E-state index >= 15 is 0 Å². The molecule has 0 radical (unpaired) electrons. The molecule has 0 bridgehead atoms. The molecule has 0 unspecified atom stereocenters. The van der Waals surface area contributed by atoms with Gasteiger partial charge in [0.2, 0.25) is 17.7 Å². The molecule has 2 rings (SSSR count). The molecule has 172 valence electrons. The second-order valence-electron chi connectivity index (χ2n) is 6.72. The third kappa shape index (κ3) is 5.53. The number of amides is 3. The lowest BCUT2D eigenvalue weighted by atomic mass is 9.94. The number of primary amides is 1. The number of rotatable bonds is 8. The minimum Gasteiger partial charge on any atom is -0.394 e. The molecule has 0 aliphatic carbocycles. The summed E-state index contributed by atoms with van der Waals surface area (Å²) < 4.78 is 6.10. The Morgan fingerprint density at radius 2 is 1.97 bits per heavy atom. The van der Waals surface area contributed by atoms with Crippen LogP contribution in [0.15, 0.2) is 21.9 Å². The fraction of sp³-hybridized carbons (Fsp3) is 0.562. The van der Waals surface area contributed by atoms with Gasteiger partial charge in [-0.25, -0.2) is 4.79 Å². The number of hydrogen-bond donors (Lipinski definition) is 8. The van der Waals surface area contributed by atoms with Crippen LogP contribution in [0.25, 0.3) is 0 Å². The number of ether oxygens (including phenoxy) is 1. The summed E-state index contributed by atoms with van der Waals surface area (Å²) in [4.78, 5) is 61.1. The van der Waals surface area contributed by atoms with E-state index in [4.69, 9.17) is 10.5 Å². The highest BCUT2D eigenvalue weighted by atomic mass is 16.5. The maximum atomic E-state index is 12.4. The van der Waals surface area contributed by atoms with E-state index in [9.17, 15) is 39.3 Å². The van der Waals surface area contributed by atoms with Gasteiger partial charge in [-0.1, -0.05) is 0 Å². The van der Waals surface area contributed by atoms with Gasteiger partial charge in [0, 0.05) is 12.3 Å². The summed E-state index contributed by atoms with van der Waals surface area (Å²) >= 11 is 0. The summed E-state index contributed by atoms with van der Waals surface area (Å²) in [6, 6.07) is -2.06. The number of carbonyl (C=O) groups is 3. The smallest absolute Gasteiger partial charge is 0.330 e. The third-order valence-electron chi connectivity index (χ3n) is 4.51. The molecule has 0 aromatic carbocycles. The van der Waals surface area contributed by atoms with Gasteiger partial charge in [-0.3, -0.25) is 28.7 Å². The van der Waals surface area contributed by atoms with Crippen LogP contribution in [0.1, 0.15) is 6.23 Å². The van der Waals surface area contributed by atoms with Crippen molar-refractivity contribution in [3.8, 4) is 0 Å². The molecule has 1 aromatic rings. The number of nitrogens with one attached hydrogen (secondary N) is 4. The number of aromatic nitrogens is 2. The van der Waals surface area contributed by atoms with Crippen molar-refractivity contribution in [2.45, 2.75) is 36.6 Å². The normalized spacial score (nSPS) is 26.6. The molecule has 9 N–H and O–H groups in total. The van der Waals surface area contributed by atoms with E-state index in [0.29, 0.717) is 0 Å². The predicted octanol–water partition coefficient (Wildman–Crippen LogP) is -6.18. The molecule has 1 aliphatic rings. The van der Waals surface area contributed by atoms with Gasteiger partial charge in [-0.2, -0.15) is 0 Å². The second kappa shape index (κ2) is 10.3. The van der Waals surface area contributed by atoms with Crippen molar-refractivity contribution in [1.29, 1.82) is 0 Å². The predicted molar refractivity (Wildman–Crippen MR) is 101 cm³/mol. The van der Waals surface area contributed by atoms with E-state index in [1.165, 1.54) is 7.05 Å². The van der Waals surface area contributed by atoms with E-state index in [-0.39, 0.29) is 6.54 Å². The van der Waals surface area contributed by atoms with Crippen LogP contribution in [0, 0.1) is 0 Å². The van der Waals surface area contributed by atoms with Gasteiger partial charge in [-0.05, 0) is 7.05 Å². The van der Waals surface area contributed by atoms with Crippen LogP contribution in [0.4, 0.5) is 0 Å². The number of aromatic amines is 1. The standard InChI is InChI=1S/C16H24N6O9/c1-18-4-8(25)19-6(5-23)14(29)21-9-10(26)11(27)15(31-12(9)13(17)28)22-3-2-7(24)20-16(22)30/h2-3,6,9-12,15,18,23,26-27H,4-5H2,1H3,(H2,17,28)(H,19,25)(H,21,29)(H,20,24,30)/t6-,9+,10+,11-,12+,15-/m1/s1. The summed E-state index contributed by atoms with van der Waals surface area (Å²) in [6.45, 7) is -0.943. The van der Waals surface area contributed by atoms with Gasteiger partial charge in [0.15, 0.2) is 12.3 Å². The van der Waals surface area contributed by atoms with Crippen LogP contribution in [-0.4, -0.2) is 93.2 Å². The van der Waals surface area contributed by atoms with Crippen molar-refractivity contribution in [2.75, 3.05) is 20.2 Å². The molecular formula is C16H24N6O9. The highest BCUT2D eigenvalue weighted by Crippen LogP contribution is 2.27. The molecule has 31 heavy (non-hydrogen) atoms. The lowest BCUT2D eigenvalue weighted by Gasteiger charge is -2.42. The number of carbonyl (C=O) groups excluding carboxylic acids is 3. The Morgan fingerprint density at radius 3 is 2.52 bits per heavy atom. The van der Waals surface area contributed by atoms with E-state index < -0.39 is 72.2 Å². The number of nitrogens with two attached hydrogens (primary N) is 1. The highest BCUT2D eigenvalue weighted by molar-refractivity contribution is 5.89. The third-order valence-corrected chi connectivity index (χ3v) is 4.51. The van der Waals surface area contributed by atoms with Gasteiger partial charge in [0.25, 0.3) is 5.56 Å². The van der Waals surface area contributed by atoms with E-state index in [2.05, 4.69) is 16.0 Å². The molecule has 1 fully saturated rings. The molecule has 15 nitrogen and oxygen atoms in total. The Kier molecular flexibility index (Phi) is 8.01. The minimum atomic E-state index is -1.86. The number of aliphatic hydroxyl groups is 3. The lowest BCUT2D eigenvalue weighted by Crippen LogP contribution is -2.67. The number of H-pyrrole nitrogens is 1. The van der Waals surface area contributed by atoms with Gasteiger partial charge in [0.05, 0.1) is 19.2 Å². The van der Waals surface area contributed by atoms with Gasteiger partial charge < -0.3 is 41.7 Å². The van der Waals surface area contributed by atoms with Crippen molar-refractivity contribution < 1.29 is 34.4 Å². The first kappa shape index (κ1) is 24.2. The van der Waals surface area contributed by atoms with Crippen molar-refractivity contribution in [1.82, 2.24) is 25.5 Å². The monoisotopic (exact) mass is 444 g/mol. The van der Waals surface area contributed by atoms with Crippen molar-refractivity contribution in [3.05, 3.63) is 33.1 Å². The molecule has 1 saturated heterocycles. The summed E-state index contributed by atoms with van der Waals surface area (Å²) in [5.74, 6) is -2.74. The molecule has 6 atom stereocenters. The average molecular weight is 444 g/mol. The van der Waals surface area contributed by atoms with Crippen LogP contribution >= 0.6 is 0 Å². The molecular weight excluding hydrogens is 420 g/mol. The molecule has 0 spiro atoms. The Bertz CT molecular complexity index is 931. The highest BCUT2D eigenvalue weighted by Gasteiger charge is 2.48. The number of aliphatic hydroxyl groups excluding tert-OH is 3. The van der Waals surface area contributed by atoms with Gasteiger partial charge >= 0.3 is 5.69 Å². The quantitative estimate of drug-likeness (QED) is 0.189. The first-order valence-corrected chi connectivity index (χ1v) is 9.08. The zero-order valence-electron chi connectivity index (χ0n) is 16.3. The van der Waals surface area contributed by atoms with Crippen LogP contribution in [-0.2, 0) is 19.1 Å². The number of hydrogen-bond acceptors (Lipinski definition) is 10. The van der Waals surface area contributed by atoms with Gasteiger partial charge in [0.1, 0.15) is 18.2 Å². The molecule has 1 aliphatic heterocycles. The minimum absolute atomic E-state index is 0.142. The Labute approximate surface area is 174 Å². The molecule has 1 aromatic heterocycles. The fourth-order valence-electron chi connectivity index (χ4n) is 3.00. The van der Waals surface area contributed by atoms with Crippen molar-refractivity contribution >= 4 is 17.7 Å². The first-order chi connectivity index (χ1) is 14.6. The summed E-state index contributed by atoms with van der Waals surface area (Å²) in [5.41, 5.74) is 3.58. The van der Waals surface area contributed by atoms with Crippen molar-refractivity contribution in [3.63, 3.8) is 0 Å². The zero-order chi connectivity index (χ0) is 23.3. The summed E-state index contributed by atoms with van der Waals surface area (Å²) in [5, 5.41) is 37.3. The fourth-order valence-corrected chi connectivity index (χ4v) is 3.00. The average Bonchev–Trinajstić information content (AvgIpc) is 2.70. The van der Waals surface area contributed by atoms with E-state index in [1.54, 1.807) is 0 Å². The maximum Gasteiger partial charge on any atom is 0.330 e. The first-order valence-electron chi connectivity index (χ1n) is 9.08. The van der Waals surface area contributed by atoms with Crippen LogP contribution in [0.5, 0.6) is 0 Å². The van der Waals surface area contributed by atoms with Gasteiger partial charge in [-0.15, -0.1) is 0 Å². The SMILES string of the molecule is CNCC(=O)N[C@H](CO)C(=O)N[C@H]1[C@H](O)[C@@H](O)[C@H](n2ccc(=O)[nH]c2=O)O[C@@H]1C(N)=O. The molecule has 15 heteroatoms. The van der Waals surface area contributed by atoms with Crippen LogP contribution in [0.2, 0.25) is 0 Å². The van der Waals surface area contributed by atoms with E-state index in [0.717, 1.165) is 16.8 Å². The summed E-state index contributed by atoms with van der Waals surface area (Å²) in [6.07, 6.45) is -6.03.